The number of aryl methyl sites for hydroxylation is 1. The molecule has 3 aromatic rings. The number of amides is 1. The van der Waals surface area contributed by atoms with Gasteiger partial charge in [-0.3, -0.25) is 19.5 Å². The highest BCUT2D eigenvalue weighted by Gasteiger charge is 2.55. The number of unbranched alkanes of at least 4 members (excludes halogenated alkanes) is 1. The minimum absolute atomic E-state index is 0.0932. The number of carbonyl (C=O) groups is 2. The quantitative estimate of drug-likeness (QED) is 0.382. The fourth-order valence-electron chi connectivity index (χ4n) is 6.45. The van der Waals surface area contributed by atoms with Crippen LogP contribution < -0.4 is 9.75 Å². The van der Waals surface area contributed by atoms with E-state index in [1.807, 2.05) is 23.1 Å². The van der Waals surface area contributed by atoms with E-state index < -0.39 is 5.41 Å². The first-order valence-corrected chi connectivity index (χ1v) is 14.2. The van der Waals surface area contributed by atoms with Crippen molar-refractivity contribution >= 4 is 23.1 Å². The number of anilines is 1. The maximum Gasteiger partial charge on any atom is 0.276 e. The van der Waals surface area contributed by atoms with Gasteiger partial charge in [-0.1, -0.05) is 41.9 Å². The SMILES string of the molecule is CC(=O)C1=NN2c3cc(F)ccc3OC[C@H]2[C@@]1(CCCCN1CCN(C(=O)c2cc(C)on2)CC1)c1ccccc1. The van der Waals surface area contributed by atoms with Crippen LogP contribution in [0.4, 0.5) is 10.1 Å². The largest absolute Gasteiger partial charge is 0.489 e. The molecule has 2 atom stereocenters. The molecule has 3 aliphatic rings. The van der Waals surface area contributed by atoms with Crippen molar-refractivity contribution in [2.75, 3.05) is 44.3 Å². The minimum atomic E-state index is -0.683. The average Bonchev–Trinajstić information content (AvgIpc) is 3.58. The van der Waals surface area contributed by atoms with Crippen LogP contribution in [0.25, 0.3) is 0 Å². The van der Waals surface area contributed by atoms with Crippen LogP contribution in [-0.2, 0) is 10.2 Å². The molecule has 0 N–H and O–H groups in total. The number of aromatic nitrogens is 1. The summed E-state index contributed by atoms with van der Waals surface area (Å²) in [4.78, 5) is 30.0. The number of ether oxygens (including phenoxy) is 1. The molecule has 9 nitrogen and oxygen atoms in total. The van der Waals surface area contributed by atoms with Crippen molar-refractivity contribution in [2.45, 2.75) is 44.6 Å². The molecule has 4 heterocycles. The monoisotopic (exact) mass is 559 g/mol. The van der Waals surface area contributed by atoms with Gasteiger partial charge >= 0.3 is 0 Å². The second kappa shape index (κ2) is 11.1. The minimum Gasteiger partial charge on any atom is -0.489 e. The molecule has 1 aromatic heterocycles. The number of Topliss-reactive ketones (excluding diaryl/α,β-unsaturated/α-hetero) is 1. The smallest absolute Gasteiger partial charge is 0.276 e. The first kappa shape index (κ1) is 27.1. The van der Waals surface area contributed by atoms with Crippen molar-refractivity contribution in [3.05, 3.63) is 77.4 Å². The molecule has 0 spiro atoms. The number of hydrazone groups is 1. The molecule has 0 radical (unpaired) electrons. The van der Waals surface area contributed by atoms with Gasteiger partial charge in [0.15, 0.2) is 11.5 Å². The van der Waals surface area contributed by atoms with E-state index in [-0.39, 0.29) is 23.5 Å². The van der Waals surface area contributed by atoms with Crippen LogP contribution in [0.2, 0.25) is 0 Å². The number of ketones is 1. The number of rotatable bonds is 8. The maximum absolute atomic E-state index is 14.3. The lowest BCUT2D eigenvalue weighted by molar-refractivity contribution is -0.111. The molecule has 1 amide bonds. The molecule has 0 aliphatic carbocycles. The summed E-state index contributed by atoms with van der Waals surface area (Å²) in [5.74, 6) is 0.630. The maximum atomic E-state index is 14.3. The Hall–Kier alpha value is -4.05. The van der Waals surface area contributed by atoms with E-state index in [0.29, 0.717) is 54.7 Å². The summed E-state index contributed by atoms with van der Waals surface area (Å²) in [6.45, 7) is 7.43. The van der Waals surface area contributed by atoms with Crippen molar-refractivity contribution in [1.29, 1.82) is 0 Å². The number of piperazine rings is 1. The third-order valence-corrected chi connectivity index (χ3v) is 8.48. The highest BCUT2D eigenvalue weighted by Crippen LogP contribution is 2.48. The van der Waals surface area contributed by atoms with E-state index in [0.717, 1.165) is 38.0 Å². The molecular formula is C31H34FN5O4. The Morgan fingerprint density at radius 3 is 2.54 bits per heavy atom. The number of nitrogens with zero attached hydrogens (tertiary/aromatic N) is 5. The lowest BCUT2D eigenvalue weighted by Crippen LogP contribution is -2.53. The Labute approximate surface area is 238 Å². The van der Waals surface area contributed by atoms with Crippen molar-refractivity contribution in [3.8, 4) is 5.75 Å². The van der Waals surface area contributed by atoms with Gasteiger partial charge in [0.2, 0.25) is 0 Å². The van der Waals surface area contributed by atoms with Gasteiger partial charge in [0.25, 0.3) is 5.91 Å². The van der Waals surface area contributed by atoms with Crippen LogP contribution in [-0.4, -0.2) is 77.7 Å². The first-order valence-electron chi connectivity index (χ1n) is 14.2. The number of benzene rings is 2. The summed E-state index contributed by atoms with van der Waals surface area (Å²) >= 11 is 0. The van der Waals surface area contributed by atoms with E-state index in [2.05, 4.69) is 22.2 Å². The standard InChI is InChI=1S/C31H34FN5O4/c1-21-18-25(34-41-21)30(39)36-16-14-35(15-17-36)13-7-6-12-31(23-8-4-3-5-9-23)28-20-40-27-11-10-24(32)19-26(27)37(28)33-29(31)22(2)38/h3-5,8-11,18-19,28H,6-7,12-17,20H2,1-2H3/t28-,31+/m0/s1. The van der Waals surface area contributed by atoms with Gasteiger partial charge in [0.05, 0.1) is 5.41 Å². The lowest BCUT2D eigenvalue weighted by Gasteiger charge is -2.41. The van der Waals surface area contributed by atoms with Crippen LogP contribution in [0.5, 0.6) is 5.75 Å². The second-order valence-electron chi connectivity index (χ2n) is 11.0. The summed E-state index contributed by atoms with van der Waals surface area (Å²) in [5, 5.41) is 10.5. The Kier molecular flexibility index (Phi) is 7.33. The van der Waals surface area contributed by atoms with Crippen molar-refractivity contribution in [2.24, 2.45) is 5.10 Å². The second-order valence-corrected chi connectivity index (χ2v) is 11.0. The van der Waals surface area contributed by atoms with Crippen LogP contribution >= 0.6 is 0 Å². The molecule has 1 saturated heterocycles. The fourth-order valence-corrected chi connectivity index (χ4v) is 6.45. The zero-order valence-corrected chi connectivity index (χ0v) is 23.4. The summed E-state index contributed by atoms with van der Waals surface area (Å²) in [7, 11) is 0. The fraction of sp³-hybridized carbons (Fsp3) is 0.419. The molecular weight excluding hydrogens is 525 g/mol. The van der Waals surface area contributed by atoms with Crippen LogP contribution in [0.15, 0.2) is 64.2 Å². The highest BCUT2D eigenvalue weighted by molar-refractivity contribution is 6.43. The van der Waals surface area contributed by atoms with Crippen molar-refractivity contribution in [1.82, 2.24) is 15.0 Å². The number of carbonyl (C=O) groups excluding carboxylic acids is 2. The summed E-state index contributed by atoms with van der Waals surface area (Å²) in [6, 6.07) is 15.9. The first-order chi connectivity index (χ1) is 19.9. The summed E-state index contributed by atoms with van der Waals surface area (Å²) in [5.41, 5.74) is 1.72. The summed E-state index contributed by atoms with van der Waals surface area (Å²) < 4.78 is 25.4. The van der Waals surface area contributed by atoms with Gasteiger partial charge in [-0.05, 0) is 44.0 Å². The van der Waals surface area contributed by atoms with Crippen molar-refractivity contribution in [3.63, 3.8) is 0 Å². The van der Waals surface area contributed by atoms with Crippen LogP contribution in [0.3, 0.4) is 0 Å². The average molecular weight is 560 g/mol. The molecule has 41 heavy (non-hydrogen) atoms. The van der Waals surface area contributed by atoms with Crippen LogP contribution in [0, 0.1) is 12.7 Å². The number of fused-ring (bicyclic) bond motifs is 3. The zero-order chi connectivity index (χ0) is 28.6. The van der Waals surface area contributed by atoms with Crippen LogP contribution in [0.1, 0.15) is 48.0 Å². The lowest BCUT2D eigenvalue weighted by atomic mass is 9.67. The van der Waals surface area contributed by atoms with Gasteiger partial charge < -0.3 is 14.2 Å². The number of halogens is 1. The predicted octanol–water partition coefficient (Wildman–Crippen LogP) is 4.21. The summed E-state index contributed by atoms with van der Waals surface area (Å²) in [6.07, 6.45) is 2.49. The molecule has 0 unspecified atom stereocenters. The van der Waals surface area contributed by atoms with E-state index in [1.165, 1.54) is 12.1 Å². The van der Waals surface area contributed by atoms with E-state index in [4.69, 9.17) is 14.4 Å². The van der Waals surface area contributed by atoms with Gasteiger partial charge in [0.1, 0.15) is 41.4 Å². The zero-order valence-electron chi connectivity index (χ0n) is 23.4. The molecule has 10 heteroatoms. The molecule has 0 bridgehead atoms. The molecule has 1 fully saturated rings. The molecule has 214 valence electrons. The van der Waals surface area contributed by atoms with Crippen molar-refractivity contribution < 1.29 is 23.2 Å². The van der Waals surface area contributed by atoms with Gasteiger partial charge in [0, 0.05) is 45.2 Å². The normalized spacial score (nSPS) is 22.1. The molecule has 6 rings (SSSR count). The molecule has 2 aromatic carbocycles. The Bertz CT molecular complexity index is 1470. The van der Waals surface area contributed by atoms with Gasteiger partial charge in [-0.15, -0.1) is 0 Å². The third-order valence-electron chi connectivity index (χ3n) is 8.48. The third kappa shape index (κ3) is 5.01. The number of hydrogen-bond donors (Lipinski definition) is 0. The Morgan fingerprint density at radius 2 is 1.83 bits per heavy atom. The molecule has 3 aliphatic heterocycles. The van der Waals surface area contributed by atoms with E-state index in [1.54, 1.807) is 31.0 Å². The Morgan fingerprint density at radius 1 is 1.05 bits per heavy atom. The van der Waals surface area contributed by atoms with Gasteiger partial charge in [-0.2, -0.15) is 5.10 Å². The highest BCUT2D eigenvalue weighted by atomic mass is 19.1. The van der Waals surface area contributed by atoms with Gasteiger partial charge in [-0.25, -0.2) is 4.39 Å². The molecule has 0 saturated carbocycles. The topological polar surface area (TPSA) is 91.5 Å². The Balaban J connectivity index is 1.15. The van der Waals surface area contributed by atoms with E-state index >= 15 is 0 Å². The van der Waals surface area contributed by atoms with E-state index in [9.17, 15) is 14.0 Å². The predicted molar refractivity (Wildman–Crippen MR) is 152 cm³/mol. The number of hydrogen-bond acceptors (Lipinski definition) is 8.